The van der Waals surface area contributed by atoms with Gasteiger partial charge in [-0.2, -0.15) is 8.42 Å². The van der Waals surface area contributed by atoms with E-state index in [0.29, 0.717) is 11.4 Å². The van der Waals surface area contributed by atoms with Crippen LogP contribution in [0.3, 0.4) is 0 Å². The lowest BCUT2D eigenvalue weighted by Crippen LogP contribution is -2.41. The summed E-state index contributed by atoms with van der Waals surface area (Å²) in [5, 5.41) is 31.5. The summed E-state index contributed by atoms with van der Waals surface area (Å²) in [6.07, 6.45) is 0.780. The molecule has 3 rings (SSSR count). The Kier molecular flexibility index (Phi) is 10.3. The van der Waals surface area contributed by atoms with Gasteiger partial charge in [0.05, 0.1) is 23.4 Å². The summed E-state index contributed by atoms with van der Waals surface area (Å²) < 4.78 is 31.6. The Morgan fingerprint density at radius 2 is 1.71 bits per heavy atom. The number of nitro groups is 1. The van der Waals surface area contributed by atoms with Crippen LogP contribution < -0.4 is 21.7 Å². The lowest BCUT2D eigenvalue weighted by molar-refractivity contribution is -0.383. The van der Waals surface area contributed by atoms with Gasteiger partial charge in [-0.1, -0.05) is 0 Å². The number of nitrogens with two attached hydrogens (primary N) is 2. The average molecular weight is 597 g/mol. The number of carbonyl (C=O) groups excluding carboxylic acids is 1. The van der Waals surface area contributed by atoms with Crippen LogP contribution in [0.2, 0.25) is 0 Å². The second-order valence-electron chi connectivity index (χ2n) is 8.20. The highest BCUT2D eigenvalue weighted by atomic mass is 32.3. The van der Waals surface area contributed by atoms with Crippen LogP contribution in [0.4, 0.5) is 22.9 Å². The van der Waals surface area contributed by atoms with E-state index in [9.17, 15) is 29.6 Å². The minimum atomic E-state index is -4.67. The maximum Gasteiger partial charge on any atom is 0.394 e. The van der Waals surface area contributed by atoms with Gasteiger partial charge in [0.25, 0.3) is 5.91 Å². The molecule has 0 radical (unpaired) electrons. The van der Waals surface area contributed by atoms with Crippen LogP contribution in [0.1, 0.15) is 28.9 Å². The van der Waals surface area contributed by atoms with Gasteiger partial charge >= 0.3 is 28.0 Å². The van der Waals surface area contributed by atoms with Crippen LogP contribution in [-0.4, -0.2) is 78.5 Å². The lowest BCUT2D eigenvalue weighted by atomic mass is 10.1. The van der Waals surface area contributed by atoms with Gasteiger partial charge in [0.1, 0.15) is 17.2 Å². The number of carboxylic acids is 2. The highest BCUT2D eigenvalue weighted by molar-refractivity contribution is 7.79. The van der Waals surface area contributed by atoms with Crippen LogP contribution in [0, 0.1) is 10.1 Å². The van der Waals surface area contributed by atoms with Crippen molar-refractivity contribution < 1.29 is 47.0 Å². The first-order valence-corrected chi connectivity index (χ1v) is 12.5. The first-order chi connectivity index (χ1) is 19.0. The molecule has 0 aliphatic carbocycles. The van der Waals surface area contributed by atoms with Gasteiger partial charge in [-0.25, -0.2) is 19.7 Å². The molecule has 1 atom stereocenters. The van der Waals surface area contributed by atoms with E-state index in [0.717, 1.165) is 0 Å². The molecule has 1 unspecified atom stereocenters. The van der Waals surface area contributed by atoms with Gasteiger partial charge in [-0.15, -0.1) is 0 Å². The smallest absolute Gasteiger partial charge is 0.394 e. The number of nitrogen functional groups attached to an aromatic ring is 2. The largest absolute Gasteiger partial charge is 0.481 e. The summed E-state index contributed by atoms with van der Waals surface area (Å²) in [5.41, 5.74) is 12.1. The van der Waals surface area contributed by atoms with Crippen LogP contribution in [0.5, 0.6) is 0 Å². The molecule has 41 heavy (non-hydrogen) atoms. The minimum absolute atomic E-state index is 0.0460. The molecule has 0 aliphatic heterocycles. The Hall–Kier alpha value is -5.21. The third-order valence-electron chi connectivity index (χ3n) is 5.18. The number of carbonyl (C=O) groups is 3. The van der Waals surface area contributed by atoms with Gasteiger partial charge in [0.2, 0.25) is 5.82 Å². The van der Waals surface area contributed by atoms with Crippen LogP contribution in [0.25, 0.3) is 11.2 Å². The monoisotopic (exact) mass is 596 g/mol. The molecular formula is C21H24N8O11S. The van der Waals surface area contributed by atoms with E-state index >= 15 is 0 Å². The van der Waals surface area contributed by atoms with E-state index in [1.807, 2.05) is 0 Å². The Bertz CT molecular complexity index is 1570. The average Bonchev–Trinajstić information content (AvgIpc) is 2.85. The van der Waals surface area contributed by atoms with Crippen LogP contribution in [-0.2, 0) is 26.5 Å². The molecule has 0 saturated heterocycles. The van der Waals surface area contributed by atoms with Gasteiger partial charge in [-0.05, 0) is 30.7 Å². The Labute approximate surface area is 230 Å². The van der Waals surface area contributed by atoms with Crippen molar-refractivity contribution in [3.63, 3.8) is 0 Å². The van der Waals surface area contributed by atoms with Crippen molar-refractivity contribution in [3.8, 4) is 0 Å². The van der Waals surface area contributed by atoms with Crippen LogP contribution >= 0.6 is 0 Å². The number of rotatable bonds is 10. The molecule has 0 spiro atoms. The number of nitrogens with zero attached hydrogens (tertiary/aromatic N) is 5. The zero-order valence-electron chi connectivity index (χ0n) is 21.0. The van der Waals surface area contributed by atoms with Gasteiger partial charge in [-0.3, -0.25) is 28.8 Å². The molecule has 0 saturated carbocycles. The van der Waals surface area contributed by atoms with Crippen molar-refractivity contribution in [2.24, 2.45) is 0 Å². The number of aliphatic carboxylic acids is 2. The SMILES string of the molecule is CN(Cc1cnc2nc(N)c([N+](=O)[O-])c(N)c2n1)c1ccc(C(=O)NC(CCC(=O)O)C(=O)O)cc1.O=S(=O)(O)O. The van der Waals surface area contributed by atoms with Crippen molar-refractivity contribution in [2.45, 2.75) is 25.4 Å². The van der Waals surface area contributed by atoms with E-state index in [1.54, 1.807) is 24.1 Å². The van der Waals surface area contributed by atoms with E-state index < -0.39 is 51.3 Å². The van der Waals surface area contributed by atoms with Crippen molar-refractivity contribution >= 4 is 62.3 Å². The van der Waals surface area contributed by atoms with Gasteiger partial charge in [0, 0.05) is 24.7 Å². The van der Waals surface area contributed by atoms with Crippen molar-refractivity contribution in [3.05, 3.63) is 51.8 Å². The van der Waals surface area contributed by atoms with Gasteiger partial charge in [0.15, 0.2) is 5.65 Å². The molecule has 2 aromatic heterocycles. The standard InChI is InChI=1S/C21H22N8O7.H2O4S/c1-28(9-11-8-24-19-16(25-11)15(22)17(29(35)36)18(23)27-19)12-4-2-10(3-5-12)20(32)26-13(21(33)34)6-7-14(30)31;1-5(2,3)4/h2-5,8,13H,6-7,9H2,1H3,(H,26,32)(H,30,31)(H,33,34)(H4,22,23,24,27);(H2,1,2,3,4). The molecule has 1 aromatic carbocycles. The molecule has 2 heterocycles. The highest BCUT2D eigenvalue weighted by Gasteiger charge is 2.24. The summed E-state index contributed by atoms with van der Waals surface area (Å²) in [7, 11) is -2.93. The minimum Gasteiger partial charge on any atom is -0.481 e. The number of carboxylic acid groups (broad SMARTS) is 2. The number of hydrogen-bond acceptors (Lipinski definition) is 13. The number of aromatic nitrogens is 3. The van der Waals surface area contributed by atoms with E-state index in [4.69, 9.17) is 34.1 Å². The van der Waals surface area contributed by atoms with Crippen LogP contribution in [0.15, 0.2) is 30.5 Å². The first kappa shape index (κ1) is 32.0. The predicted molar refractivity (Wildman–Crippen MR) is 141 cm³/mol. The Balaban J connectivity index is 0.00000108. The number of benzene rings is 1. The molecule has 9 N–H and O–H groups in total. The lowest BCUT2D eigenvalue weighted by Gasteiger charge is -2.19. The van der Waals surface area contributed by atoms with E-state index in [-0.39, 0.29) is 41.2 Å². The van der Waals surface area contributed by atoms with Crippen molar-refractivity contribution in [1.82, 2.24) is 20.3 Å². The molecule has 0 fully saturated rings. The highest BCUT2D eigenvalue weighted by Crippen LogP contribution is 2.32. The number of amides is 1. The number of hydrogen-bond donors (Lipinski definition) is 7. The molecule has 19 nitrogen and oxygen atoms in total. The number of pyridine rings is 1. The topological polar surface area (TPSA) is 315 Å². The zero-order valence-corrected chi connectivity index (χ0v) is 21.8. The third kappa shape index (κ3) is 9.49. The summed E-state index contributed by atoms with van der Waals surface area (Å²) in [6.45, 7) is 0.225. The summed E-state index contributed by atoms with van der Waals surface area (Å²) in [5.74, 6) is -3.52. The fraction of sp³-hybridized carbons (Fsp3) is 0.238. The predicted octanol–water partition coefficient (Wildman–Crippen LogP) is 0.129. The molecule has 3 aromatic rings. The maximum atomic E-state index is 12.4. The number of anilines is 3. The fourth-order valence-corrected chi connectivity index (χ4v) is 3.34. The molecule has 0 bridgehead atoms. The quantitative estimate of drug-likeness (QED) is 0.0928. The Morgan fingerprint density at radius 1 is 1.12 bits per heavy atom. The molecule has 220 valence electrons. The molecule has 0 aliphatic rings. The second kappa shape index (κ2) is 13.2. The normalized spacial score (nSPS) is 11.6. The molecular weight excluding hydrogens is 572 g/mol. The maximum absolute atomic E-state index is 12.4. The molecule has 20 heteroatoms. The van der Waals surface area contributed by atoms with Crippen molar-refractivity contribution in [2.75, 3.05) is 23.4 Å². The third-order valence-corrected chi connectivity index (χ3v) is 5.18. The second-order valence-corrected chi connectivity index (χ2v) is 9.09. The first-order valence-electron chi connectivity index (χ1n) is 11.1. The van der Waals surface area contributed by atoms with E-state index in [1.165, 1.54) is 18.3 Å². The Morgan fingerprint density at radius 3 is 2.22 bits per heavy atom. The number of nitrogens with one attached hydrogen (secondary N) is 1. The summed E-state index contributed by atoms with van der Waals surface area (Å²) >= 11 is 0. The fourth-order valence-electron chi connectivity index (χ4n) is 3.34. The van der Waals surface area contributed by atoms with Crippen molar-refractivity contribution in [1.29, 1.82) is 0 Å². The number of fused-ring (bicyclic) bond motifs is 1. The molecule has 1 amide bonds. The van der Waals surface area contributed by atoms with E-state index in [2.05, 4.69) is 20.3 Å². The summed E-state index contributed by atoms with van der Waals surface area (Å²) in [4.78, 5) is 59.0. The zero-order chi connectivity index (χ0) is 31.1. The van der Waals surface area contributed by atoms with Gasteiger partial charge < -0.3 is 31.9 Å². The summed E-state index contributed by atoms with van der Waals surface area (Å²) in [6, 6.07) is 4.88.